The standard InChI is InChI=1S/C19H21N3O2/c1-3-24-17-10-12(8-9-16(17)23-2)18-13-6-4-5-7-15(13)22-19(21)14(18)11-20/h8-10H,3-7H2,1-2H3,(H2,21,22). The van der Waals surface area contributed by atoms with Gasteiger partial charge >= 0.3 is 0 Å². The molecule has 0 saturated heterocycles. The fourth-order valence-corrected chi connectivity index (χ4v) is 3.29. The van der Waals surface area contributed by atoms with E-state index >= 15 is 0 Å². The van der Waals surface area contributed by atoms with Gasteiger partial charge in [-0.05, 0) is 55.9 Å². The second-order valence-corrected chi connectivity index (χ2v) is 5.79. The lowest BCUT2D eigenvalue weighted by atomic mass is 9.86. The van der Waals surface area contributed by atoms with Crippen LogP contribution in [0.1, 0.15) is 36.6 Å². The minimum absolute atomic E-state index is 0.307. The minimum Gasteiger partial charge on any atom is -0.493 e. The Morgan fingerprint density at radius 1 is 1.25 bits per heavy atom. The minimum atomic E-state index is 0.307. The predicted octanol–water partition coefficient (Wildman–Crippen LogP) is 3.49. The van der Waals surface area contributed by atoms with Crippen molar-refractivity contribution in [2.75, 3.05) is 19.5 Å². The SMILES string of the molecule is CCOc1cc(-c2c(C#N)c(N)nc3c2CCCC3)ccc1OC. The smallest absolute Gasteiger partial charge is 0.161 e. The van der Waals surface area contributed by atoms with Crippen LogP contribution in [0.4, 0.5) is 5.82 Å². The highest BCUT2D eigenvalue weighted by atomic mass is 16.5. The van der Waals surface area contributed by atoms with Gasteiger partial charge in [-0.25, -0.2) is 4.98 Å². The van der Waals surface area contributed by atoms with E-state index in [-0.39, 0.29) is 0 Å². The van der Waals surface area contributed by atoms with Crippen LogP contribution in [0.25, 0.3) is 11.1 Å². The molecule has 24 heavy (non-hydrogen) atoms. The fraction of sp³-hybridized carbons (Fsp3) is 0.368. The molecule has 0 radical (unpaired) electrons. The van der Waals surface area contributed by atoms with Crippen molar-refractivity contribution in [3.8, 4) is 28.7 Å². The zero-order valence-corrected chi connectivity index (χ0v) is 14.1. The Kier molecular flexibility index (Phi) is 4.57. The molecule has 3 rings (SSSR count). The Bertz CT molecular complexity index is 809. The van der Waals surface area contributed by atoms with Crippen molar-refractivity contribution in [1.82, 2.24) is 4.98 Å². The first-order valence-corrected chi connectivity index (χ1v) is 8.22. The van der Waals surface area contributed by atoms with Crippen LogP contribution in [0.2, 0.25) is 0 Å². The number of anilines is 1. The van der Waals surface area contributed by atoms with E-state index in [0.717, 1.165) is 48.1 Å². The molecule has 1 heterocycles. The molecule has 1 aromatic carbocycles. The second-order valence-electron chi connectivity index (χ2n) is 5.79. The summed E-state index contributed by atoms with van der Waals surface area (Å²) in [5.41, 5.74) is 10.5. The lowest BCUT2D eigenvalue weighted by Crippen LogP contribution is -2.12. The summed E-state index contributed by atoms with van der Waals surface area (Å²) in [7, 11) is 1.62. The number of aromatic nitrogens is 1. The molecule has 0 bridgehead atoms. The van der Waals surface area contributed by atoms with Crippen molar-refractivity contribution in [2.24, 2.45) is 0 Å². The summed E-state index contributed by atoms with van der Waals surface area (Å²) in [6.07, 6.45) is 4.04. The van der Waals surface area contributed by atoms with E-state index in [1.165, 1.54) is 0 Å². The number of nitriles is 1. The first kappa shape index (κ1) is 16.1. The third-order valence-corrected chi connectivity index (χ3v) is 4.37. The molecule has 0 saturated carbocycles. The van der Waals surface area contributed by atoms with Gasteiger partial charge in [-0.1, -0.05) is 6.07 Å². The van der Waals surface area contributed by atoms with Crippen molar-refractivity contribution < 1.29 is 9.47 Å². The van der Waals surface area contributed by atoms with Crippen LogP contribution in [0.15, 0.2) is 18.2 Å². The van der Waals surface area contributed by atoms with Crippen LogP contribution in [-0.2, 0) is 12.8 Å². The van der Waals surface area contributed by atoms with Gasteiger partial charge in [-0.15, -0.1) is 0 Å². The van der Waals surface area contributed by atoms with Crippen molar-refractivity contribution >= 4 is 5.82 Å². The number of hydrogen-bond donors (Lipinski definition) is 1. The third-order valence-electron chi connectivity index (χ3n) is 4.37. The summed E-state index contributed by atoms with van der Waals surface area (Å²) in [4.78, 5) is 4.46. The molecule has 2 aromatic rings. The molecule has 0 amide bonds. The van der Waals surface area contributed by atoms with Gasteiger partial charge in [0.05, 0.1) is 13.7 Å². The molecule has 2 N–H and O–H groups in total. The molecule has 1 aliphatic rings. The maximum Gasteiger partial charge on any atom is 0.161 e. The number of nitrogen functional groups attached to an aromatic ring is 1. The van der Waals surface area contributed by atoms with E-state index in [2.05, 4.69) is 11.1 Å². The van der Waals surface area contributed by atoms with Crippen LogP contribution in [0.5, 0.6) is 11.5 Å². The number of hydrogen-bond acceptors (Lipinski definition) is 5. The molecular formula is C19H21N3O2. The number of rotatable bonds is 4. The highest BCUT2D eigenvalue weighted by Gasteiger charge is 2.22. The molecule has 0 fully saturated rings. The first-order chi connectivity index (χ1) is 11.7. The Morgan fingerprint density at radius 3 is 2.75 bits per heavy atom. The number of fused-ring (bicyclic) bond motifs is 1. The molecule has 0 atom stereocenters. The molecule has 124 valence electrons. The molecule has 0 aliphatic heterocycles. The third kappa shape index (κ3) is 2.76. The van der Waals surface area contributed by atoms with E-state index in [0.29, 0.717) is 29.5 Å². The lowest BCUT2D eigenvalue weighted by molar-refractivity contribution is 0.311. The quantitative estimate of drug-likeness (QED) is 0.931. The Balaban J connectivity index is 2.24. The summed E-state index contributed by atoms with van der Waals surface area (Å²) in [5, 5.41) is 9.61. The second kappa shape index (κ2) is 6.79. The number of benzene rings is 1. The van der Waals surface area contributed by atoms with E-state index in [1.807, 2.05) is 25.1 Å². The predicted molar refractivity (Wildman–Crippen MR) is 93.2 cm³/mol. The van der Waals surface area contributed by atoms with E-state index < -0.39 is 0 Å². The molecule has 1 aliphatic carbocycles. The van der Waals surface area contributed by atoms with Crippen molar-refractivity contribution in [1.29, 1.82) is 5.26 Å². The largest absolute Gasteiger partial charge is 0.493 e. The van der Waals surface area contributed by atoms with E-state index in [9.17, 15) is 5.26 Å². The zero-order chi connectivity index (χ0) is 17.1. The molecule has 1 aromatic heterocycles. The number of aryl methyl sites for hydroxylation is 1. The summed E-state index contributed by atoms with van der Waals surface area (Å²) >= 11 is 0. The number of methoxy groups -OCH3 is 1. The van der Waals surface area contributed by atoms with Gasteiger partial charge in [0.25, 0.3) is 0 Å². The number of nitrogens with two attached hydrogens (primary N) is 1. The first-order valence-electron chi connectivity index (χ1n) is 8.22. The summed E-state index contributed by atoms with van der Waals surface area (Å²) in [6, 6.07) is 7.98. The van der Waals surface area contributed by atoms with E-state index in [1.54, 1.807) is 7.11 Å². The Labute approximate surface area is 142 Å². The van der Waals surface area contributed by atoms with Gasteiger partial charge in [-0.2, -0.15) is 5.26 Å². The van der Waals surface area contributed by atoms with Crippen LogP contribution in [0, 0.1) is 11.3 Å². The van der Waals surface area contributed by atoms with Crippen LogP contribution in [-0.4, -0.2) is 18.7 Å². The monoisotopic (exact) mass is 323 g/mol. The zero-order valence-electron chi connectivity index (χ0n) is 14.1. The van der Waals surface area contributed by atoms with Gasteiger partial charge in [0.15, 0.2) is 11.5 Å². The van der Waals surface area contributed by atoms with Crippen molar-refractivity contribution in [3.05, 3.63) is 35.0 Å². The van der Waals surface area contributed by atoms with Crippen LogP contribution < -0.4 is 15.2 Å². The van der Waals surface area contributed by atoms with E-state index in [4.69, 9.17) is 15.2 Å². The van der Waals surface area contributed by atoms with Gasteiger partial charge in [0, 0.05) is 11.3 Å². The maximum atomic E-state index is 9.61. The summed E-state index contributed by atoms with van der Waals surface area (Å²) in [5.74, 6) is 1.65. The molecule has 0 spiro atoms. The highest BCUT2D eigenvalue weighted by Crippen LogP contribution is 2.39. The number of ether oxygens (including phenoxy) is 2. The van der Waals surface area contributed by atoms with Gasteiger partial charge in [0.2, 0.25) is 0 Å². The lowest BCUT2D eigenvalue weighted by Gasteiger charge is -2.21. The number of nitrogens with zero attached hydrogens (tertiary/aromatic N) is 2. The Hall–Kier alpha value is -2.74. The number of pyridine rings is 1. The average Bonchev–Trinajstić information content (AvgIpc) is 2.60. The molecule has 5 nitrogen and oxygen atoms in total. The maximum absolute atomic E-state index is 9.61. The fourth-order valence-electron chi connectivity index (χ4n) is 3.29. The topological polar surface area (TPSA) is 81.2 Å². The summed E-state index contributed by atoms with van der Waals surface area (Å²) < 4.78 is 11.0. The van der Waals surface area contributed by atoms with Gasteiger partial charge in [-0.3, -0.25) is 0 Å². The molecular weight excluding hydrogens is 302 g/mol. The van der Waals surface area contributed by atoms with Crippen LogP contribution in [0.3, 0.4) is 0 Å². The van der Waals surface area contributed by atoms with Gasteiger partial charge < -0.3 is 15.2 Å². The van der Waals surface area contributed by atoms with Gasteiger partial charge in [0.1, 0.15) is 17.5 Å². The molecule has 5 heteroatoms. The van der Waals surface area contributed by atoms with Crippen molar-refractivity contribution in [3.63, 3.8) is 0 Å². The average molecular weight is 323 g/mol. The Morgan fingerprint density at radius 2 is 2.04 bits per heavy atom. The molecule has 0 unspecified atom stereocenters. The highest BCUT2D eigenvalue weighted by molar-refractivity contribution is 5.80. The van der Waals surface area contributed by atoms with Crippen LogP contribution >= 0.6 is 0 Å². The normalized spacial score (nSPS) is 13.0. The van der Waals surface area contributed by atoms with Crippen molar-refractivity contribution in [2.45, 2.75) is 32.6 Å². The summed E-state index contributed by atoms with van der Waals surface area (Å²) in [6.45, 7) is 2.47.